The number of amides is 7. The summed E-state index contributed by atoms with van der Waals surface area (Å²) in [6.07, 6.45) is 6.64. The van der Waals surface area contributed by atoms with Crippen LogP contribution in [0, 0.1) is 30.6 Å². The number of ether oxygens (including phenoxy) is 3. The molecular weight excluding hydrogens is 1920 g/mol. The van der Waals surface area contributed by atoms with Crippen molar-refractivity contribution in [3.8, 4) is 0 Å². The lowest BCUT2D eigenvalue weighted by molar-refractivity contribution is -0.433. The van der Waals surface area contributed by atoms with Gasteiger partial charge in [-0.15, -0.1) is 0 Å². The number of carbonyl (C=O) groups excluding carboxylic acids is 12. The zero-order valence-electron chi connectivity index (χ0n) is 85.0. The number of carboxylic acid groups (broad SMARTS) is 5. The lowest BCUT2D eigenvalue weighted by atomic mass is 9.81. The summed E-state index contributed by atoms with van der Waals surface area (Å²) in [4.78, 5) is 237. The summed E-state index contributed by atoms with van der Waals surface area (Å²) in [6, 6.07) is 10.2. The van der Waals surface area contributed by atoms with Crippen molar-refractivity contribution < 1.29 is 144 Å². The van der Waals surface area contributed by atoms with Crippen molar-refractivity contribution in [1.82, 2.24) is 36.8 Å². The normalized spacial score (nSPS) is 16.3. The van der Waals surface area contributed by atoms with Crippen LogP contribution < -0.4 is 36.8 Å². The molecule has 3 aromatic carbocycles. The van der Waals surface area contributed by atoms with Crippen LogP contribution >= 0.6 is 11.8 Å². The molecule has 0 bridgehead atoms. The number of thioether (sulfide) groups is 1. The minimum absolute atomic E-state index is 0.0240. The number of Topliss-reactive ketones (excluding diaryl/α,β-unsaturated/α-hetero) is 5. The van der Waals surface area contributed by atoms with Crippen LogP contribution in [0.25, 0.3) is 0 Å². The van der Waals surface area contributed by atoms with Crippen LogP contribution in [0.5, 0.6) is 0 Å². The Kier molecular flexibility index (Phi) is 50.5. The third kappa shape index (κ3) is 40.5. The molecule has 12 N–H and O–H groups in total. The Morgan fingerprint density at radius 2 is 1.17 bits per heavy atom. The van der Waals surface area contributed by atoms with Gasteiger partial charge in [-0.25, -0.2) is 4.79 Å². The van der Waals surface area contributed by atoms with Crippen LogP contribution in [0.4, 0.5) is 16.2 Å². The number of nitrogens with zero attached hydrogens (tertiary/aromatic N) is 4. The number of hydrogen-bond donors (Lipinski definition) is 12. The van der Waals surface area contributed by atoms with E-state index in [0.29, 0.717) is 59.6 Å². The van der Waals surface area contributed by atoms with E-state index >= 15 is 0 Å². The van der Waals surface area contributed by atoms with Crippen molar-refractivity contribution >= 4 is 145 Å². The number of hydrogen-bond acceptors (Lipinski definition) is 26. The molecule has 1 saturated heterocycles. The Hall–Kier alpha value is -12.5. The SMILES string of the molecule is CC[N+]1=C(/C=C/C=C/C=C/C=C2/N(CCCCCC(=O)C[C@@H](CCC(=O)O)C(=O)N[C@@H](CCC(=O)O)C(=O)C[C@@H](CCC(=O)O)C(=O)N[C@@H](CCC(=O)O)C(=O)C[C@@H](CCC(=O)O)C(=O)N[C@@H](Cc3ccc(/C(C)=N/OCCNC(=O)OCCOC)cc3)C(=O)CCCOCC(=O)N3CCC[C@H]3C(=O)N[C@@H](CC(C)C)C(=O)CCC(=O)N[C@H](C)CSC)c3ccc(S(=O)(=O)O)cc3C2(C)C)C(C)(C)c2cc(C)ccc21. The fraction of sp³-hybridized carbons (Fsp3) is 0.567. The van der Waals surface area contributed by atoms with Crippen molar-refractivity contribution in [3.63, 3.8) is 0 Å². The topological polar surface area (TPSA) is 577 Å². The molecular formula is C104H145N10O29S2+. The predicted molar refractivity (Wildman–Crippen MR) is 541 cm³/mol. The van der Waals surface area contributed by atoms with Crippen molar-refractivity contribution in [2.75, 3.05) is 83.2 Å². The van der Waals surface area contributed by atoms with E-state index in [1.807, 2.05) is 82.2 Å². The van der Waals surface area contributed by atoms with Crippen LogP contribution in [-0.2, 0) is 123 Å². The molecule has 3 aliphatic rings. The minimum Gasteiger partial charge on any atom is -0.481 e. The number of carbonyl (C=O) groups is 17. The van der Waals surface area contributed by atoms with Gasteiger partial charge in [-0.3, -0.25) is 81.3 Å². The quantitative estimate of drug-likeness (QED) is 0.00624. The number of ketones is 5. The molecule has 0 aliphatic carbocycles. The average Bonchev–Trinajstić information content (AvgIpc) is 1.57. The Bertz CT molecular complexity index is 5370. The molecule has 41 heteroatoms. The fourth-order valence-corrected chi connectivity index (χ4v) is 18.8. The van der Waals surface area contributed by atoms with Gasteiger partial charge in [-0.2, -0.15) is 24.8 Å². The standard InChI is InChI=1S/C104H144N10O29S2/c1-13-112-82-40-29-66(4)57-76(82)103(7,8)89(112)27-19-15-14-16-20-28-90-104(9,10)77-62-75(145(137,138)139)37-41-83(77)113(90)50-21-17-18-24-74(115)59-71(34-44-93(122)123)98(132)107-78(38-47-96(128)129)87(118)60-72(35-45-94(124)125)99(133)108-79(39-48-97(130)131)88(119)61-73(36-46-95(126)127)100(134)109-81(58-69-30-32-70(33-31-69)68(6)111-143-53-49-105-102(136)142-55-54-140-11)85(116)26-23-52-141-63-92(121)114-51-22-25-84(114)101(135)110-80(56-65(2)3)86(117)42-43-91(120)106-67(5)64-144-12/h14-16,19-20,27-33,37,40-41,57,62,65,67,71-73,78-81,84H,13,17-18,21-26,34-36,38-39,42-56,58-61,63-64H2,1-12H3,(H11-,105,106,107,108,109,110,120,122,123,124,125,126,127,128,129,130,131,132,133,134,135,136,137,138,139)/p+1/b111-68+/t67-,71-,72-,73-,78+,79+,80+,81+,84+/m1/s1. The second-order valence-electron chi connectivity index (χ2n) is 38.1. The van der Waals surface area contributed by atoms with E-state index < -0.39 is 242 Å². The van der Waals surface area contributed by atoms with Crippen LogP contribution in [0.1, 0.15) is 244 Å². The number of benzene rings is 3. The molecule has 9 atom stereocenters. The molecule has 0 spiro atoms. The summed E-state index contributed by atoms with van der Waals surface area (Å²) >= 11 is 1.56. The number of aliphatic carboxylic acids is 5. The molecule has 3 aliphatic heterocycles. The minimum atomic E-state index is -4.60. The second kappa shape index (κ2) is 60.5. The molecule has 0 radical (unpaired) electrons. The number of unbranched alkanes of at least 4 members (excludes halogenated alkanes) is 2. The highest BCUT2D eigenvalue weighted by Gasteiger charge is 2.46. The predicted octanol–water partition coefficient (Wildman–Crippen LogP) is 10.5. The lowest BCUT2D eigenvalue weighted by Gasteiger charge is -2.27. The third-order valence-electron chi connectivity index (χ3n) is 25.5. The summed E-state index contributed by atoms with van der Waals surface area (Å²) in [5.41, 5.74) is 7.20. The van der Waals surface area contributed by atoms with Crippen molar-refractivity contribution in [2.45, 2.75) is 282 Å². The fourth-order valence-electron chi connectivity index (χ4n) is 17.7. The van der Waals surface area contributed by atoms with Gasteiger partial charge in [0.15, 0.2) is 28.8 Å². The number of allylic oxidation sites excluding steroid dienone is 8. The monoisotopic (exact) mass is 2060 g/mol. The highest BCUT2D eigenvalue weighted by Crippen LogP contribution is 2.49. The summed E-state index contributed by atoms with van der Waals surface area (Å²) in [7, 11) is -3.15. The van der Waals surface area contributed by atoms with Gasteiger partial charge in [0.1, 0.15) is 38.2 Å². The Labute approximate surface area is 851 Å². The Morgan fingerprint density at radius 1 is 0.593 bits per heavy atom. The molecule has 796 valence electrons. The number of anilines is 1. The zero-order valence-corrected chi connectivity index (χ0v) is 86.6. The van der Waals surface area contributed by atoms with E-state index in [0.717, 1.165) is 18.0 Å². The smallest absolute Gasteiger partial charge is 0.407 e. The number of alkyl carbamates (subject to hydrolysis) is 1. The Morgan fingerprint density at radius 3 is 1.74 bits per heavy atom. The molecule has 3 heterocycles. The number of carboxylic acids is 5. The first-order valence-electron chi connectivity index (χ1n) is 49.2. The number of fused-ring (bicyclic) bond motifs is 2. The first kappa shape index (κ1) is 121. The number of nitrogens with one attached hydrogen (secondary N) is 6. The number of rotatable bonds is 69. The number of methoxy groups -OCH3 is 1. The number of aryl methyl sites for hydroxylation is 1. The maximum Gasteiger partial charge on any atom is 0.407 e. The summed E-state index contributed by atoms with van der Waals surface area (Å²) < 4.78 is 52.9. The van der Waals surface area contributed by atoms with Crippen LogP contribution in [0.3, 0.4) is 0 Å². The maximum absolute atomic E-state index is 14.8. The first-order valence-corrected chi connectivity index (χ1v) is 52.1. The number of likely N-dealkylation sites (tertiary alicyclic amines) is 1. The molecule has 39 nitrogen and oxygen atoms in total. The van der Waals surface area contributed by atoms with Crippen molar-refractivity contribution in [3.05, 3.63) is 137 Å². The van der Waals surface area contributed by atoms with Crippen LogP contribution in [0.15, 0.2) is 119 Å². The van der Waals surface area contributed by atoms with Crippen molar-refractivity contribution in [2.24, 2.45) is 28.8 Å². The highest BCUT2D eigenvalue weighted by molar-refractivity contribution is 7.98. The molecule has 0 unspecified atom stereocenters. The van der Waals surface area contributed by atoms with E-state index in [2.05, 4.69) is 93.6 Å². The largest absolute Gasteiger partial charge is 0.481 e. The van der Waals surface area contributed by atoms with Crippen molar-refractivity contribution in [1.29, 1.82) is 0 Å². The zero-order chi connectivity index (χ0) is 107. The molecule has 1 fully saturated rings. The highest BCUT2D eigenvalue weighted by atomic mass is 32.2. The van der Waals surface area contributed by atoms with Gasteiger partial charge in [0.2, 0.25) is 41.1 Å². The summed E-state index contributed by atoms with van der Waals surface area (Å²) in [5, 5.41) is 69.4. The lowest BCUT2D eigenvalue weighted by Crippen LogP contribution is -2.51. The summed E-state index contributed by atoms with van der Waals surface area (Å²) in [5.74, 6) is -19.7. The molecule has 3 aromatic rings. The van der Waals surface area contributed by atoms with Crippen LogP contribution in [-0.4, -0.2) is 274 Å². The van der Waals surface area contributed by atoms with E-state index in [-0.39, 0.29) is 131 Å². The van der Waals surface area contributed by atoms with Gasteiger partial charge in [0, 0.05) is 168 Å². The molecule has 7 amide bonds. The Balaban J connectivity index is 1.16. The van der Waals surface area contributed by atoms with Gasteiger partial charge >= 0.3 is 35.9 Å². The molecule has 0 aromatic heterocycles. The van der Waals surface area contributed by atoms with E-state index in [4.69, 9.17) is 19.0 Å². The maximum atomic E-state index is 14.8. The van der Waals surface area contributed by atoms with E-state index in [1.165, 1.54) is 41.0 Å². The third-order valence-corrected chi connectivity index (χ3v) is 27.2. The van der Waals surface area contributed by atoms with Crippen LogP contribution in [0.2, 0.25) is 0 Å². The van der Waals surface area contributed by atoms with Gasteiger partial charge < -0.3 is 86.3 Å². The molecule has 145 heavy (non-hydrogen) atoms. The van der Waals surface area contributed by atoms with E-state index in [9.17, 15) is 120 Å². The second-order valence-corrected chi connectivity index (χ2v) is 40.5. The van der Waals surface area contributed by atoms with Gasteiger partial charge in [-0.1, -0.05) is 106 Å². The first-order chi connectivity index (χ1) is 68.6. The average molecular weight is 2060 g/mol. The summed E-state index contributed by atoms with van der Waals surface area (Å²) in [6.45, 7) is 20.5. The molecule has 0 saturated carbocycles. The van der Waals surface area contributed by atoms with Gasteiger partial charge in [-0.05, 0) is 178 Å². The number of oxime groups is 1. The van der Waals surface area contributed by atoms with E-state index in [1.54, 1.807) is 49.0 Å². The van der Waals surface area contributed by atoms with Gasteiger partial charge in [0.25, 0.3) is 10.1 Å². The molecule has 6 rings (SSSR count). The van der Waals surface area contributed by atoms with Gasteiger partial charge in [0.05, 0.1) is 53.3 Å².